The molecular formula is C16H21BO2S. The summed E-state index contributed by atoms with van der Waals surface area (Å²) in [6, 6.07) is 8.59. The van der Waals surface area contributed by atoms with E-state index in [0.717, 1.165) is 12.2 Å². The number of rotatable bonds is 1. The van der Waals surface area contributed by atoms with Crippen molar-refractivity contribution in [3.05, 3.63) is 35.8 Å². The second kappa shape index (κ2) is 4.94. The van der Waals surface area contributed by atoms with Gasteiger partial charge in [-0.15, -0.1) is 11.8 Å². The Morgan fingerprint density at radius 3 is 2.45 bits per heavy atom. The Kier molecular flexibility index (Phi) is 3.52. The van der Waals surface area contributed by atoms with Crippen LogP contribution in [0.1, 0.15) is 39.7 Å². The van der Waals surface area contributed by atoms with E-state index in [1.165, 1.54) is 16.0 Å². The largest absolute Gasteiger partial charge is 0.487 e. The van der Waals surface area contributed by atoms with E-state index >= 15 is 0 Å². The predicted molar refractivity (Wildman–Crippen MR) is 85.8 cm³/mol. The Labute approximate surface area is 126 Å². The molecule has 2 aliphatic heterocycles. The van der Waals surface area contributed by atoms with Crippen molar-refractivity contribution in [3.63, 3.8) is 0 Å². The van der Waals surface area contributed by atoms with Gasteiger partial charge >= 0.3 is 7.12 Å². The molecule has 0 atom stereocenters. The van der Waals surface area contributed by atoms with Gasteiger partial charge in [0.05, 0.1) is 11.2 Å². The van der Waals surface area contributed by atoms with Gasteiger partial charge in [-0.1, -0.05) is 24.2 Å². The zero-order valence-electron chi connectivity index (χ0n) is 12.6. The SMILES string of the molecule is CC1(C)OB(/C=C2/CCSc3ccccc32)OC1(C)C. The summed E-state index contributed by atoms with van der Waals surface area (Å²) in [6.07, 6.45) is 1.08. The molecule has 1 saturated heterocycles. The van der Waals surface area contributed by atoms with Crippen LogP contribution in [0.25, 0.3) is 5.57 Å². The number of thioether (sulfide) groups is 1. The van der Waals surface area contributed by atoms with Crippen LogP contribution >= 0.6 is 11.8 Å². The zero-order chi connectivity index (χ0) is 14.4. The summed E-state index contributed by atoms with van der Waals surface area (Å²) in [5.41, 5.74) is 2.14. The first kappa shape index (κ1) is 14.2. The van der Waals surface area contributed by atoms with Crippen molar-refractivity contribution in [1.82, 2.24) is 0 Å². The van der Waals surface area contributed by atoms with Crippen molar-refractivity contribution in [3.8, 4) is 0 Å². The van der Waals surface area contributed by atoms with E-state index < -0.39 is 0 Å². The van der Waals surface area contributed by atoms with Crippen LogP contribution in [0.3, 0.4) is 0 Å². The van der Waals surface area contributed by atoms with E-state index in [1.807, 2.05) is 11.8 Å². The van der Waals surface area contributed by atoms with Gasteiger partial charge in [0, 0.05) is 10.6 Å². The number of allylic oxidation sites excluding steroid dienone is 1. The van der Waals surface area contributed by atoms with Crippen LogP contribution in [0.5, 0.6) is 0 Å². The highest BCUT2D eigenvalue weighted by atomic mass is 32.2. The fourth-order valence-corrected chi connectivity index (χ4v) is 3.63. The first-order valence-corrected chi connectivity index (χ1v) is 8.16. The molecule has 106 valence electrons. The van der Waals surface area contributed by atoms with Gasteiger partial charge in [0.2, 0.25) is 0 Å². The van der Waals surface area contributed by atoms with Gasteiger partial charge < -0.3 is 9.31 Å². The van der Waals surface area contributed by atoms with Crippen molar-refractivity contribution in [2.75, 3.05) is 5.75 Å². The Morgan fingerprint density at radius 1 is 1.10 bits per heavy atom. The first-order chi connectivity index (χ1) is 9.39. The standard InChI is InChI=1S/C16H21BO2S/c1-15(2)16(3,4)19-17(18-15)11-12-9-10-20-14-8-6-5-7-13(12)14/h5-8,11H,9-10H2,1-4H3/b12-11-. The topological polar surface area (TPSA) is 18.5 Å². The summed E-state index contributed by atoms with van der Waals surface area (Å²) in [5.74, 6) is 3.29. The van der Waals surface area contributed by atoms with Crippen molar-refractivity contribution >= 4 is 24.5 Å². The van der Waals surface area contributed by atoms with Crippen molar-refractivity contribution < 1.29 is 9.31 Å². The van der Waals surface area contributed by atoms with Gasteiger partial charge in [-0.05, 0) is 51.3 Å². The van der Waals surface area contributed by atoms with Crippen molar-refractivity contribution in [2.24, 2.45) is 0 Å². The zero-order valence-corrected chi connectivity index (χ0v) is 13.4. The van der Waals surface area contributed by atoms with E-state index in [9.17, 15) is 0 Å². The summed E-state index contributed by atoms with van der Waals surface area (Å²) >= 11 is 1.93. The second-order valence-electron chi connectivity index (χ2n) is 6.41. The molecule has 1 aromatic rings. The lowest BCUT2D eigenvalue weighted by Crippen LogP contribution is -2.41. The molecular weight excluding hydrogens is 267 g/mol. The maximum Gasteiger partial charge on any atom is 0.487 e. The van der Waals surface area contributed by atoms with Gasteiger partial charge in [0.25, 0.3) is 0 Å². The predicted octanol–water partition coefficient (Wildman–Crippen LogP) is 4.20. The molecule has 0 amide bonds. The van der Waals surface area contributed by atoms with E-state index in [4.69, 9.17) is 9.31 Å². The molecule has 0 radical (unpaired) electrons. The van der Waals surface area contributed by atoms with E-state index in [0.29, 0.717) is 0 Å². The highest BCUT2D eigenvalue weighted by Crippen LogP contribution is 2.40. The maximum absolute atomic E-state index is 6.08. The molecule has 0 N–H and O–H groups in total. The molecule has 0 saturated carbocycles. The molecule has 2 heterocycles. The fourth-order valence-electron chi connectivity index (χ4n) is 2.56. The average Bonchev–Trinajstić information content (AvgIpc) is 2.58. The summed E-state index contributed by atoms with van der Waals surface area (Å²) in [6.45, 7) is 8.37. The minimum Gasteiger partial charge on any atom is -0.400 e. The van der Waals surface area contributed by atoms with Crippen LogP contribution in [0.15, 0.2) is 35.1 Å². The van der Waals surface area contributed by atoms with E-state index in [-0.39, 0.29) is 18.3 Å². The smallest absolute Gasteiger partial charge is 0.400 e. The molecule has 0 bridgehead atoms. The van der Waals surface area contributed by atoms with E-state index in [1.54, 1.807) is 0 Å². The Bertz CT molecular complexity index is 535. The molecule has 2 aliphatic rings. The molecule has 0 aliphatic carbocycles. The normalized spacial score (nSPS) is 25.8. The summed E-state index contributed by atoms with van der Waals surface area (Å²) < 4.78 is 12.2. The van der Waals surface area contributed by atoms with Gasteiger partial charge in [-0.2, -0.15) is 0 Å². The number of hydrogen-bond donors (Lipinski definition) is 0. The maximum atomic E-state index is 6.08. The number of benzene rings is 1. The third kappa shape index (κ3) is 2.45. The van der Waals surface area contributed by atoms with Crippen molar-refractivity contribution in [1.29, 1.82) is 0 Å². The summed E-state index contributed by atoms with van der Waals surface area (Å²) in [4.78, 5) is 1.36. The molecule has 1 aromatic carbocycles. The quantitative estimate of drug-likeness (QED) is 0.722. The summed E-state index contributed by atoms with van der Waals surface area (Å²) in [7, 11) is -0.244. The fraction of sp³-hybridized carbons (Fsp3) is 0.500. The number of hydrogen-bond acceptors (Lipinski definition) is 3. The third-order valence-corrected chi connectivity index (χ3v) is 5.55. The second-order valence-corrected chi connectivity index (χ2v) is 7.55. The van der Waals surface area contributed by atoms with Crippen molar-refractivity contribution in [2.45, 2.75) is 50.2 Å². The monoisotopic (exact) mass is 288 g/mol. The lowest BCUT2D eigenvalue weighted by Gasteiger charge is -2.32. The first-order valence-electron chi connectivity index (χ1n) is 7.18. The highest BCUT2D eigenvalue weighted by molar-refractivity contribution is 7.99. The minimum absolute atomic E-state index is 0.244. The minimum atomic E-state index is -0.266. The van der Waals surface area contributed by atoms with Crippen LogP contribution in [0.2, 0.25) is 0 Å². The lowest BCUT2D eigenvalue weighted by molar-refractivity contribution is 0.00578. The Balaban J connectivity index is 1.88. The molecule has 20 heavy (non-hydrogen) atoms. The van der Waals surface area contributed by atoms with Gasteiger partial charge in [0.1, 0.15) is 0 Å². The molecule has 3 rings (SSSR count). The van der Waals surface area contributed by atoms with Crippen LogP contribution in [-0.4, -0.2) is 24.1 Å². The third-order valence-electron chi connectivity index (χ3n) is 4.47. The Morgan fingerprint density at radius 2 is 1.75 bits per heavy atom. The van der Waals surface area contributed by atoms with Gasteiger partial charge in [-0.25, -0.2) is 0 Å². The molecule has 4 heteroatoms. The Hall–Kier alpha value is -0.705. The average molecular weight is 288 g/mol. The molecule has 0 spiro atoms. The molecule has 1 fully saturated rings. The van der Waals surface area contributed by atoms with E-state index in [2.05, 4.69) is 57.9 Å². The molecule has 0 unspecified atom stereocenters. The van der Waals surface area contributed by atoms with Crippen LogP contribution in [0, 0.1) is 0 Å². The highest BCUT2D eigenvalue weighted by Gasteiger charge is 2.50. The van der Waals surface area contributed by atoms with Crippen LogP contribution < -0.4 is 0 Å². The summed E-state index contributed by atoms with van der Waals surface area (Å²) in [5, 5.41) is 0. The van der Waals surface area contributed by atoms with Gasteiger partial charge in [-0.3, -0.25) is 0 Å². The molecule has 0 aromatic heterocycles. The van der Waals surface area contributed by atoms with Crippen LogP contribution in [0.4, 0.5) is 0 Å². The number of fused-ring (bicyclic) bond motifs is 1. The van der Waals surface area contributed by atoms with Crippen LogP contribution in [-0.2, 0) is 9.31 Å². The molecule has 2 nitrogen and oxygen atoms in total. The van der Waals surface area contributed by atoms with Gasteiger partial charge in [0.15, 0.2) is 0 Å². The lowest BCUT2D eigenvalue weighted by atomic mass is 9.84.